The van der Waals surface area contributed by atoms with Crippen LogP contribution in [0.1, 0.15) is 51.3 Å². The van der Waals surface area contributed by atoms with E-state index in [-0.39, 0.29) is 10.8 Å². The summed E-state index contributed by atoms with van der Waals surface area (Å²) in [5.41, 5.74) is 19.1. The number of rotatable bonds is 6. The molecule has 57 heavy (non-hydrogen) atoms. The minimum atomic E-state index is -0.114. The predicted octanol–water partition coefficient (Wildman–Crippen LogP) is 15.7. The summed E-state index contributed by atoms with van der Waals surface area (Å²) < 4.78 is 6.23. The third kappa shape index (κ3) is 5.95. The van der Waals surface area contributed by atoms with Crippen LogP contribution in [0.3, 0.4) is 0 Å². The van der Waals surface area contributed by atoms with Gasteiger partial charge in [0.2, 0.25) is 0 Å². The van der Waals surface area contributed by atoms with Gasteiger partial charge in [-0.2, -0.15) is 0 Å². The van der Waals surface area contributed by atoms with Gasteiger partial charge in [0.15, 0.2) is 0 Å². The van der Waals surface area contributed by atoms with Crippen LogP contribution in [0.5, 0.6) is 0 Å². The molecule has 1 aromatic heterocycles. The molecule has 0 N–H and O–H groups in total. The second-order valence-electron chi connectivity index (χ2n) is 17.0. The summed E-state index contributed by atoms with van der Waals surface area (Å²) in [5.74, 6) is 0. The molecular weight excluding hydrogens is 691 g/mol. The lowest BCUT2D eigenvalue weighted by molar-refractivity contribution is 0.590. The Kier molecular flexibility index (Phi) is 8.09. The number of furan rings is 1. The molecule has 276 valence electrons. The molecule has 0 atom stereocenters. The van der Waals surface area contributed by atoms with E-state index in [4.69, 9.17) is 4.42 Å². The van der Waals surface area contributed by atoms with Crippen molar-refractivity contribution in [1.29, 1.82) is 0 Å². The van der Waals surface area contributed by atoms with Crippen LogP contribution in [-0.4, -0.2) is 0 Å². The van der Waals surface area contributed by atoms with Crippen LogP contribution in [-0.2, 0) is 10.8 Å². The second-order valence-corrected chi connectivity index (χ2v) is 17.0. The second kappa shape index (κ2) is 13.2. The van der Waals surface area contributed by atoms with Crippen molar-refractivity contribution in [2.45, 2.75) is 45.4 Å². The van der Waals surface area contributed by atoms with Crippen LogP contribution < -0.4 is 4.90 Å². The van der Waals surface area contributed by atoms with E-state index in [1.807, 2.05) is 12.1 Å². The first-order chi connectivity index (χ1) is 27.6. The molecular formula is C55H45NO. The average molecular weight is 736 g/mol. The number of anilines is 3. The van der Waals surface area contributed by atoms with E-state index >= 15 is 0 Å². The summed E-state index contributed by atoms with van der Waals surface area (Å²) in [4.78, 5) is 2.38. The summed E-state index contributed by atoms with van der Waals surface area (Å²) in [7, 11) is 0. The van der Waals surface area contributed by atoms with Gasteiger partial charge >= 0.3 is 0 Å². The van der Waals surface area contributed by atoms with Crippen LogP contribution in [0.4, 0.5) is 17.1 Å². The van der Waals surface area contributed by atoms with Gasteiger partial charge in [0.05, 0.1) is 5.69 Å². The molecule has 0 spiro atoms. The highest BCUT2D eigenvalue weighted by Gasteiger charge is 2.36. The highest BCUT2D eigenvalue weighted by Crippen LogP contribution is 2.52. The van der Waals surface area contributed by atoms with E-state index < -0.39 is 0 Å². The Bertz CT molecular complexity index is 2940. The first-order valence-electron chi connectivity index (χ1n) is 20.0. The van der Waals surface area contributed by atoms with Crippen LogP contribution in [0.15, 0.2) is 186 Å². The minimum absolute atomic E-state index is 0.114. The van der Waals surface area contributed by atoms with E-state index in [1.165, 1.54) is 50.1 Å². The number of hydrogen-bond acceptors (Lipinski definition) is 2. The number of para-hydroxylation sites is 3. The summed E-state index contributed by atoms with van der Waals surface area (Å²) in [6.07, 6.45) is 0. The standard InChI is InChI=1S/C55H45NO/c1-54(2,3)41-26-19-36(20-27-41)38-23-30-45-48-33-40(25-32-49(48)55(4,5)50(45)34-38)44-15-9-11-17-51(44)56(42-13-7-6-8-14-42)43-28-21-37(22-29-43)39-24-31-47-46-16-10-12-18-52(46)57-53(47)35-39/h6-35H,1-5H3. The molecule has 1 aliphatic rings. The zero-order chi connectivity index (χ0) is 38.9. The Hall–Kier alpha value is -6.64. The Balaban J connectivity index is 1.02. The van der Waals surface area contributed by atoms with Crippen molar-refractivity contribution in [2.75, 3.05) is 4.90 Å². The van der Waals surface area contributed by atoms with Gasteiger partial charge in [0.1, 0.15) is 11.2 Å². The Morgan fingerprint density at radius 2 is 1.02 bits per heavy atom. The normalized spacial score (nSPS) is 13.1. The molecule has 1 aliphatic carbocycles. The average Bonchev–Trinajstić information content (AvgIpc) is 3.72. The molecule has 2 heteroatoms. The first-order valence-corrected chi connectivity index (χ1v) is 20.0. The third-order valence-electron chi connectivity index (χ3n) is 12.1. The lowest BCUT2D eigenvalue weighted by Gasteiger charge is -2.28. The van der Waals surface area contributed by atoms with Gasteiger partial charge in [-0.25, -0.2) is 0 Å². The van der Waals surface area contributed by atoms with E-state index in [0.29, 0.717) is 0 Å². The maximum absolute atomic E-state index is 6.23. The zero-order valence-electron chi connectivity index (χ0n) is 33.2. The highest BCUT2D eigenvalue weighted by molar-refractivity contribution is 6.06. The fraction of sp³-hybridized carbons (Fsp3) is 0.127. The molecule has 1 heterocycles. The molecule has 0 fully saturated rings. The van der Waals surface area contributed by atoms with E-state index in [2.05, 4.69) is 209 Å². The molecule has 0 saturated carbocycles. The maximum atomic E-state index is 6.23. The molecule has 8 aromatic carbocycles. The van der Waals surface area contributed by atoms with E-state index in [1.54, 1.807) is 0 Å². The van der Waals surface area contributed by atoms with Gasteiger partial charge in [-0.3, -0.25) is 0 Å². The van der Waals surface area contributed by atoms with Crippen molar-refractivity contribution in [1.82, 2.24) is 0 Å². The van der Waals surface area contributed by atoms with Crippen LogP contribution in [0.25, 0.3) is 66.4 Å². The Morgan fingerprint density at radius 3 is 1.79 bits per heavy atom. The van der Waals surface area contributed by atoms with Crippen molar-refractivity contribution < 1.29 is 4.42 Å². The van der Waals surface area contributed by atoms with Crippen molar-refractivity contribution >= 4 is 39.0 Å². The van der Waals surface area contributed by atoms with Gasteiger partial charge < -0.3 is 9.32 Å². The van der Waals surface area contributed by atoms with E-state index in [0.717, 1.165) is 50.1 Å². The number of hydrogen-bond donors (Lipinski definition) is 0. The van der Waals surface area contributed by atoms with Gasteiger partial charge in [-0.1, -0.05) is 156 Å². The molecule has 0 unspecified atom stereocenters. The highest BCUT2D eigenvalue weighted by atomic mass is 16.3. The van der Waals surface area contributed by atoms with Gasteiger partial charge in [0, 0.05) is 33.1 Å². The van der Waals surface area contributed by atoms with Crippen molar-refractivity contribution in [3.63, 3.8) is 0 Å². The van der Waals surface area contributed by atoms with Crippen LogP contribution >= 0.6 is 0 Å². The monoisotopic (exact) mass is 735 g/mol. The maximum Gasteiger partial charge on any atom is 0.136 e. The summed E-state index contributed by atoms with van der Waals surface area (Å²) in [6, 6.07) is 66.5. The summed E-state index contributed by atoms with van der Waals surface area (Å²) in [5, 5.41) is 2.29. The zero-order valence-corrected chi connectivity index (χ0v) is 33.2. The van der Waals surface area contributed by atoms with Crippen molar-refractivity contribution in [3.05, 3.63) is 199 Å². The lowest BCUT2D eigenvalue weighted by atomic mass is 9.81. The number of fused-ring (bicyclic) bond motifs is 6. The Morgan fingerprint density at radius 1 is 0.421 bits per heavy atom. The molecule has 0 saturated heterocycles. The summed E-state index contributed by atoms with van der Waals surface area (Å²) >= 11 is 0. The molecule has 9 aromatic rings. The van der Waals surface area contributed by atoms with Crippen LogP contribution in [0, 0.1) is 0 Å². The molecule has 0 bridgehead atoms. The van der Waals surface area contributed by atoms with E-state index in [9.17, 15) is 0 Å². The SMILES string of the molecule is CC(C)(C)c1ccc(-c2ccc3c(c2)C(C)(C)c2ccc(-c4ccccc4N(c4ccccc4)c4ccc(-c5ccc6c(c5)oc5ccccc56)cc4)cc2-3)cc1. The smallest absolute Gasteiger partial charge is 0.136 e. The molecule has 0 amide bonds. The summed E-state index contributed by atoms with van der Waals surface area (Å²) in [6.45, 7) is 11.5. The number of nitrogens with zero attached hydrogens (tertiary/aromatic N) is 1. The third-order valence-corrected chi connectivity index (χ3v) is 12.1. The minimum Gasteiger partial charge on any atom is -0.456 e. The molecule has 0 aliphatic heterocycles. The largest absolute Gasteiger partial charge is 0.456 e. The predicted molar refractivity (Wildman–Crippen MR) is 241 cm³/mol. The number of benzene rings is 8. The fourth-order valence-electron chi connectivity index (χ4n) is 8.89. The lowest BCUT2D eigenvalue weighted by Crippen LogP contribution is -2.15. The quantitative estimate of drug-likeness (QED) is 0.169. The van der Waals surface area contributed by atoms with Gasteiger partial charge in [-0.15, -0.1) is 0 Å². The molecule has 0 radical (unpaired) electrons. The van der Waals surface area contributed by atoms with Crippen LogP contribution in [0.2, 0.25) is 0 Å². The van der Waals surface area contributed by atoms with Gasteiger partial charge in [0.25, 0.3) is 0 Å². The molecule has 2 nitrogen and oxygen atoms in total. The van der Waals surface area contributed by atoms with Gasteiger partial charge in [-0.05, 0) is 122 Å². The fourth-order valence-corrected chi connectivity index (χ4v) is 8.89. The molecule has 10 rings (SSSR count). The Labute approximate surface area is 335 Å². The van der Waals surface area contributed by atoms with Crippen molar-refractivity contribution in [2.24, 2.45) is 0 Å². The topological polar surface area (TPSA) is 16.4 Å². The first kappa shape index (κ1) is 34.8. The van der Waals surface area contributed by atoms with Crippen molar-refractivity contribution in [3.8, 4) is 44.5 Å².